The maximum atomic E-state index is 12.1. The monoisotopic (exact) mass is 290 g/mol. The van der Waals surface area contributed by atoms with Gasteiger partial charge in [0, 0.05) is 32.6 Å². The van der Waals surface area contributed by atoms with Crippen LogP contribution in [0.2, 0.25) is 0 Å². The third-order valence-electron chi connectivity index (χ3n) is 3.13. The lowest BCUT2D eigenvalue weighted by atomic mass is 9.91. The molecule has 19 heavy (non-hydrogen) atoms. The van der Waals surface area contributed by atoms with Gasteiger partial charge in [0.25, 0.3) is 0 Å². The zero-order valence-electron chi connectivity index (χ0n) is 12.5. The van der Waals surface area contributed by atoms with Gasteiger partial charge in [-0.25, -0.2) is 8.42 Å². The van der Waals surface area contributed by atoms with Gasteiger partial charge in [0.1, 0.15) is 0 Å². The van der Waals surface area contributed by atoms with E-state index in [1.54, 1.807) is 4.90 Å². The Balaban J connectivity index is 2.52. The molecular formula is C13H26N2O3S. The van der Waals surface area contributed by atoms with E-state index >= 15 is 0 Å². The van der Waals surface area contributed by atoms with Crippen LogP contribution in [0, 0.1) is 5.41 Å². The summed E-state index contributed by atoms with van der Waals surface area (Å²) in [7, 11) is -3.12. The maximum absolute atomic E-state index is 12.1. The van der Waals surface area contributed by atoms with Gasteiger partial charge in [-0.15, -0.1) is 0 Å². The molecule has 0 radical (unpaired) electrons. The quantitative estimate of drug-likeness (QED) is 0.784. The van der Waals surface area contributed by atoms with Crippen LogP contribution in [-0.2, 0) is 14.8 Å². The number of hydrogen-bond donors (Lipinski definition) is 0. The second-order valence-corrected chi connectivity index (χ2v) is 8.42. The number of hydrogen-bond acceptors (Lipinski definition) is 3. The third-order valence-corrected chi connectivity index (χ3v) is 5.20. The van der Waals surface area contributed by atoms with Crippen molar-refractivity contribution in [3.05, 3.63) is 0 Å². The van der Waals surface area contributed by atoms with Crippen LogP contribution in [0.5, 0.6) is 0 Å². The minimum atomic E-state index is -3.12. The molecule has 0 aromatic heterocycles. The van der Waals surface area contributed by atoms with Crippen LogP contribution in [0.4, 0.5) is 0 Å². The molecule has 0 aromatic carbocycles. The first-order chi connectivity index (χ1) is 8.65. The van der Waals surface area contributed by atoms with Gasteiger partial charge in [0.2, 0.25) is 15.9 Å². The Morgan fingerprint density at radius 3 is 2.05 bits per heavy atom. The zero-order chi connectivity index (χ0) is 14.7. The fourth-order valence-corrected chi connectivity index (χ4v) is 3.66. The minimum absolute atomic E-state index is 0.0253. The predicted molar refractivity (Wildman–Crippen MR) is 76.3 cm³/mol. The van der Waals surface area contributed by atoms with E-state index < -0.39 is 10.0 Å². The summed E-state index contributed by atoms with van der Waals surface area (Å²) in [5.41, 5.74) is -0.0253. The summed E-state index contributed by atoms with van der Waals surface area (Å²) in [4.78, 5) is 13.8. The van der Waals surface area contributed by atoms with E-state index in [0.29, 0.717) is 39.0 Å². The number of sulfonamides is 1. The van der Waals surface area contributed by atoms with Gasteiger partial charge in [0.15, 0.2) is 0 Å². The van der Waals surface area contributed by atoms with Crippen LogP contribution in [0.25, 0.3) is 0 Å². The molecule has 1 rings (SSSR count). The van der Waals surface area contributed by atoms with Gasteiger partial charge in [-0.3, -0.25) is 4.79 Å². The van der Waals surface area contributed by atoms with Crippen LogP contribution in [0.3, 0.4) is 0 Å². The summed E-state index contributed by atoms with van der Waals surface area (Å²) >= 11 is 0. The molecule has 112 valence electrons. The Labute approximate surface area is 117 Å². The Bertz CT molecular complexity index is 404. The molecule has 1 fully saturated rings. The molecule has 0 aliphatic carbocycles. The summed E-state index contributed by atoms with van der Waals surface area (Å²) in [5, 5.41) is 0. The smallest absolute Gasteiger partial charge is 0.223 e. The van der Waals surface area contributed by atoms with Crippen molar-refractivity contribution < 1.29 is 13.2 Å². The summed E-state index contributed by atoms with van der Waals surface area (Å²) in [6, 6.07) is 0. The molecule has 1 heterocycles. The topological polar surface area (TPSA) is 57.7 Å². The van der Waals surface area contributed by atoms with Gasteiger partial charge >= 0.3 is 0 Å². The van der Waals surface area contributed by atoms with Crippen LogP contribution in [0.1, 0.15) is 40.5 Å². The highest BCUT2D eigenvalue weighted by Crippen LogP contribution is 2.20. The second kappa shape index (κ2) is 6.22. The van der Waals surface area contributed by atoms with E-state index in [9.17, 15) is 13.2 Å². The Morgan fingerprint density at radius 2 is 1.63 bits per heavy atom. The second-order valence-electron chi connectivity index (χ2n) is 6.33. The standard InChI is InChI=1S/C13H26N2O3S/c1-5-10-19(17,18)15-8-6-14(7-9-15)12(16)11-13(2,3)4/h5-11H2,1-4H3. The molecule has 1 saturated heterocycles. The molecular weight excluding hydrogens is 264 g/mol. The highest BCUT2D eigenvalue weighted by Gasteiger charge is 2.29. The van der Waals surface area contributed by atoms with Crippen molar-refractivity contribution in [2.24, 2.45) is 5.41 Å². The first-order valence-corrected chi connectivity index (χ1v) is 8.52. The fraction of sp³-hybridized carbons (Fsp3) is 0.923. The lowest BCUT2D eigenvalue weighted by molar-refractivity contribution is -0.134. The Hall–Kier alpha value is -0.620. The van der Waals surface area contributed by atoms with Gasteiger partial charge in [-0.1, -0.05) is 27.7 Å². The van der Waals surface area contributed by atoms with E-state index in [4.69, 9.17) is 0 Å². The normalized spacial score (nSPS) is 18.6. The Kier molecular flexibility index (Phi) is 5.38. The van der Waals surface area contributed by atoms with Crippen molar-refractivity contribution in [3.8, 4) is 0 Å². The minimum Gasteiger partial charge on any atom is -0.340 e. The number of carbonyl (C=O) groups excluding carboxylic acids is 1. The average Bonchev–Trinajstić information content (AvgIpc) is 2.27. The molecule has 0 N–H and O–H groups in total. The van der Waals surface area contributed by atoms with Gasteiger partial charge < -0.3 is 4.90 Å². The van der Waals surface area contributed by atoms with E-state index in [0.717, 1.165) is 0 Å². The largest absolute Gasteiger partial charge is 0.340 e. The molecule has 1 amide bonds. The molecule has 0 spiro atoms. The summed E-state index contributed by atoms with van der Waals surface area (Å²) in [6.45, 7) is 9.85. The van der Waals surface area contributed by atoms with Crippen LogP contribution in [-0.4, -0.2) is 55.5 Å². The summed E-state index contributed by atoms with van der Waals surface area (Å²) in [6.07, 6.45) is 1.14. The Morgan fingerprint density at radius 1 is 1.11 bits per heavy atom. The molecule has 0 atom stereocenters. The van der Waals surface area contributed by atoms with Crippen LogP contribution in [0.15, 0.2) is 0 Å². The predicted octanol–water partition coefficient (Wildman–Crippen LogP) is 1.31. The van der Waals surface area contributed by atoms with Crippen molar-refractivity contribution >= 4 is 15.9 Å². The van der Waals surface area contributed by atoms with Gasteiger partial charge in [-0.2, -0.15) is 4.31 Å². The number of nitrogens with zero attached hydrogens (tertiary/aromatic N) is 2. The molecule has 0 unspecified atom stereocenters. The van der Waals surface area contributed by atoms with Crippen molar-refractivity contribution in [1.82, 2.24) is 9.21 Å². The van der Waals surface area contributed by atoms with Crippen molar-refractivity contribution in [3.63, 3.8) is 0 Å². The van der Waals surface area contributed by atoms with Gasteiger partial charge in [-0.05, 0) is 11.8 Å². The first kappa shape index (κ1) is 16.4. The lowest BCUT2D eigenvalue weighted by Gasteiger charge is -2.35. The SMILES string of the molecule is CCCS(=O)(=O)N1CCN(C(=O)CC(C)(C)C)CC1. The van der Waals surface area contributed by atoms with Crippen LogP contribution < -0.4 is 0 Å². The molecule has 0 aromatic rings. The number of rotatable bonds is 4. The van der Waals surface area contributed by atoms with Crippen molar-refractivity contribution in [2.75, 3.05) is 31.9 Å². The average molecular weight is 290 g/mol. The van der Waals surface area contributed by atoms with E-state index in [1.165, 1.54) is 4.31 Å². The highest BCUT2D eigenvalue weighted by molar-refractivity contribution is 7.89. The fourth-order valence-electron chi connectivity index (χ4n) is 2.17. The molecule has 5 nitrogen and oxygen atoms in total. The van der Waals surface area contributed by atoms with E-state index in [1.807, 2.05) is 27.7 Å². The molecule has 1 aliphatic heterocycles. The van der Waals surface area contributed by atoms with E-state index in [-0.39, 0.29) is 17.1 Å². The van der Waals surface area contributed by atoms with E-state index in [2.05, 4.69) is 0 Å². The van der Waals surface area contributed by atoms with Gasteiger partial charge in [0.05, 0.1) is 5.75 Å². The van der Waals surface area contributed by atoms with Crippen molar-refractivity contribution in [1.29, 1.82) is 0 Å². The lowest BCUT2D eigenvalue weighted by Crippen LogP contribution is -2.51. The molecule has 6 heteroatoms. The summed E-state index contributed by atoms with van der Waals surface area (Å²) < 4.78 is 25.3. The zero-order valence-corrected chi connectivity index (χ0v) is 13.3. The van der Waals surface area contributed by atoms with Crippen LogP contribution >= 0.6 is 0 Å². The maximum Gasteiger partial charge on any atom is 0.223 e. The molecule has 0 bridgehead atoms. The number of amides is 1. The number of carbonyl (C=O) groups is 1. The molecule has 0 saturated carbocycles. The molecule has 1 aliphatic rings. The van der Waals surface area contributed by atoms with Crippen molar-refractivity contribution in [2.45, 2.75) is 40.5 Å². The summed E-state index contributed by atoms with van der Waals surface area (Å²) in [5.74, 6) is 0.322. The highest BCUT2D eigenvalue weighted by atomic mass is 32.2. The number of piperazine rings is 1. The first-order valence-electron chi connectivity index (χ1n) is 6.91. The third kappa shape index (κ3) is 5.10.